The molecule has 0 saturated carbocycles. The molecule has 1 N–H and O–H groups in total. The predicted octanol–water partition coefficient (Wildman–Crippen LogP) is 2.17. The monoisotopic (exact) mass is 204 g/mol. The maximum absolute atomic E-state index is 5.64. The maximum atomic E-state index is 5.64. The van der Waals surface area contributed by atoms with Gasteiger partial charge in [-0.05, 0) is 13.8 Å². The van der Waals surface area contributed by atoms with E-state index < -0.39 is 0 Å². The van der Waals surface area contributed by atoms with E-state index in [0.29, 0.717) is 11.9 Å². The molecule has 0 aromatic carbocycles. The summed E-state index contributed by atoms with van der Waals surface area (Å²) in [6.07, 6.45) is 0. The topological polar surface area (TPSA) is 24.9 Å². The number of thiazole rings is 1. The molecule has 0 saturated heterocycles. The van der Waals surface area contributed by atoms with Crippen LogP contribution in [-0.2, 0) is 6.54 Å². The van der Waals surface area contributed by atoms with Gasteiger partial charge < -0.3 is 5.32 Å². The summed E-state index contributed by atoms with van der Waals surface area (Å²) in [6.45, 7) is 4.89. The molecule has 1 atom stereocenters. The van der Waals surface area contributed by atoms with Gasteiger partial charge in [0.25, 0.3) is 0 Å². The molecule has 1 unspecified atom stereocenters. The molecule has 2 nitrogen and oxygen atoms in total. The Morgan fingerprint density at radius 2 is 2.50 bits per heavy atom. The van der Waals surface area contributed by atoms with Gasteiger partial charge in [-0.2, -0.15) is 0 Å². The van der Waals surface area contributed by atoms with E-state index in [1.165, 1.54) is 0 Å². The number of rotatable bonds is 4. The van der Waals surface area contributed by atoms with Gasteiger partial charge in [-0.25, -0.2) is 4.98 Å². The van der Waals surface area contributed by atoms with E-state index in [-0.39, 0.29) is 0 Å². The van der Waals surface area contributed by atoms with Crippen LogP contribution in [0.25, 0.3) is 0 Å². The fourth-order valence-electron chi connectivity index (χ4n) is 0.823. The Bertz CT molecular complexity index is 237. The van der Waals surface area contributed by atoms with E-state index in [1.54, 1.807) is 11.3 Å². The summed E-state index contributed by atoms with van der Waals surface area (Å²) >= 11 is 7.32. The lowest BCUT2D eigenvalue weighted by Crippen LogP contribution is -2.26. The van der Waals surface area contributed by atoms with Crippen LogP contribution < -0.4 is 5.32 Å². The van der Waals surface area contributed by atoms with Gasteiger partial charge in [0, 0.05) is 23.8 Å². The highest BCUT2D eigenvalue weighted by atomic mass is 35.5. The molecule has 1 aromatic rings. The van der Waals surface area contributed by atoms with Crippen molar-refractivity contribution in [2.24, 2.45) is 0 Å². The average Bonchev–Trinajstić information content (AvgIpc) is 2.47. The van der Waals surface area contributed by atoms with E-state index in [0.717, 1.165) is 17.2 Å². The zero-order chi connectivity index (χ0) is 8.97. The molecule has 0 bridgehead atoms. The molecule has 0 aliphatic carbocycles. The number of nitrogens with zero attached hydrogens (tertiary/aromatic N) is 1. The molecule has 0 aliphatic rings. The third-order valence-electron chi connectivity index (χ3n) is 1.53. The number of nitrogens with one attached hydrogen (secondary N) is 1. The second-order valence-corrected chi connectivity index (χ2v) is 4.16. The molecular weight excluding hydrogens is 192 g/mol. The van der Waals surface area contributed by atoms with E-state index in [1.807, 2.05) is 6.92 Å². The first-order valence-corrected chi connectivity index (χ1v) is 5.34. The molecule has 0 amide bonds. The summed E-state index contributed by atoms with van der Waals surface area (Å²) in [7, 11) is 0. The molecule has 1 heterocycles. The van der Waals surface area contributed by atoms with E-state index in [9.17, 15) is 0 Å². The lowest BCUT2D eigenvalue weighted by Gasteiger charge is -2.07. The fraction of sp³-hybridized carbons (Fsp3) is 0.625. The second-order valence-electron chi connectivity index (χ2n) is 2.79. The molecule has 0 spiro atoms. The minimum Gasteiger partial charge on any atom is -0.307 e. The number of halogens is 1. The fourth-order valence-corrected chi connectivity index (χ4v) is 1.54. The van der Waals surface area contributed by atoms with Crippen molar-refractivity contribution >= 4 is 22.9 Å². The first-order chi connectivity index (χ1) is 5.72. The highest BCUT2D eigenvalue weighted by Gasteiger charge is 2.01. The molecule has 0 fully saturated rings. The van der Waals surface area contributed by atoms with Gasteiger partial charge >= 0.3 is 0 Å². The van der Waals surface area contributed by atoms with Gasteiger partial charge in [-0.3, -0.25) is 0 Å². The largest absolute Gasteiger partial charge is 0.307 e. The summed E-state index contributed by atoms with van der Waals surface area (Å²) < 4.78 is 0. The third kappa shape index (κ3) is 3.09. The summed E-state index contributed by atoms with van der Waals surface area (Å²) in [6, 6.07) is 0.355. The number of hydrogen-bond donors (Lipinski definition) is 1. The number of hydrogen-bond acceptors (Lipinski definition) is 3. The molecule has 0 radical (unpaired) electrons. The normalized spacial score (nSPS) is 13.2. The van der Waals surface area contributed by atoms with Crippen molar-refractivity contribution in [1.82, 2.24) is 10.3 Å². The first kappa shape index (κ1) is 9.96. The van der Waals surface area contributed by atoms with Crippen LogP contribution in [0.3, 0.4) is 0 Å². The quantitative estimate of drug-likeness (QED) is 0.761. The van der Waals surface area contributed by atoms with Gasteiger partial charge in [0.15, 0.2) is 0 Å². The van der Waals surface area contributed by atoms with Gasteiger partial charge in [-0.15, -0.1) is 22.9 Å². The second kappa shape index (κ2) is 4.80. The van der Waals surface area contributed by atoms with Crippen molar-refractivity contribution in [3.8, 4) is 0 Å². The molecule has 0 aliphatic heterocycles. The Labute approximate surface area is 82.0 Å². The van der Waals surface area contributed by atoms with Crippen molar-refractivity contribution in [2.45, 2.75) is 26.4 Å². The van der Waals surface area contributed by atoms with Gasteiger partial charge in [-0.1, -0.05) is 0 Å². The molecule has 68 valence electrons. The zero-order valence-electron chi connectivity index (χ0n) is 7.30. The Balaban J connectivity index is 2.33. The van der Waals surface area contributed by atoms with Crippen molar-refractivity contribution in [1.29, 1.82) is 0 Å². The summed E-state index contributed by atoms with van der Waals surface area (Å²) in [5.41, 5.74) is 1.11. The van der Waals surface area contributed by atoms with Crippen LogP contribution in [0, 0.1) is 6.92 Å². The van der Waals surface area contributed by atoms with Crippen LogP contribution in [0.1, 0.15) is 17.6 Å². The standard InChI is InChI=1S/C8H13ClN2S/c1-6(3-9)10-4-8-5-12-7(2)11-8/h5-6,10H,3-4H2,1-2H3. The highest BCUT2D eigenvalue weighted by molar-refractivity contribution is 7.09. The van der Waals surface area contributed by atoms with Crippen molar-refractivity contribution in [3.63, 3.8) is 0 Å². The van der Waals surface area contributed by atoms with Gasteiger partial charge in [0.2, 0.25) is 0 Å². The maximum Gasteiger partial charge on any atom is 0.0897 e. The predicted molar refractivity (Wildman–Crippen MR) is 53.9 cm³/mol. The van der Waals surface area contributed by atoms with E-state index >= 15 is 0 Å². The Kier molecular flexibility index (Phi) is 3.98. The van der Waals surface area contributed by atoms with Crippen molar-refractivity contribution < 1.29 is 0 Å². The molecule has 4 heteroatoms. The van der Waals surface area contributed by atoms with Gasteiger partial charge in [0.1, 0.15) is 0 Å². The summed E-state index contributed by atoms with van der Waals surface area (Å²) in [4.78, 5) is 4.33. The minimum atomic E-state index is 0.355. The highest BCUT2D eigenvalue weighted by Crippen LogP contribution is 2.07. The Morgan fingerprint density at radius 3 is 3.00 bits per heavy atom. The summed E-state index contributed by atoms with van der Waals surface area (Å²) in [5.74, 6) is 0.642. The van der Waals surface area contributed by atoms with E-state index in [4.69, 9.17) is 11.6 Å². The lowest BCUT2D eigenvalue weighted by atomic mass is 10.3. The van der Waals surface area contributed by atoms with Crippen LogP contribution in [0.5, 0.6) is 0 Å². The minimum absolute atomic E-state index is 0.355. The van der Waals surface area contributed by atoms with Crippen LogP contribution >= 0.6 is 22.9 Å². The van der Waals surface area contributed by atoms with E-state index in [2.05, 4.69) is 22.6 Å². The molecule has 1 aromatic heterocycles. The van der Waals surface area contributed by atoms with Crippen LogP contribution in [0.15, 0.2) is 5.38 Å². The van der Waals surface area contributed by atoms with Crippen molar-refractivity contribution in [2.75, 3.05) is 5.88 Å². The molecule has 1 rings (SSSR count). The number of aromatic nitrogens is 1. The van der Waals surface area contributed by atoms with Crippen LogP contribution in [-0.4, -0.2) is 16.9 Å². The Morgan fingerprint density at radius 1 is 1.75 bits per heavy atom. The zero-order valence-corrected chi connectivity index (χ0v) is 8.87. The number of aryl methyl sites for hydroxylation is 1. The summed E-state index contributed by atoms with van der Waals surface area (Å²) in [5, 5.41) is 6.46. The Hall–Kier alpha value is -0.120. The number of alkyl halides is 1. The van der Waals surface area contributed by atoms with Crippen LogP contribution in [0.2, 0.25) is 0 Å². The smallest absolute Gasteiger partial charge is 0.0897 e. The van der Waals surface area contributed by atoms with Crippen LogP contribution in [0.4, 0.5) is 0 Å². The SMILES string of the molecule is Cc1nc(CNC(C)CCl)cs1. The van der Waals surface area contributed by atoms with Gasteiger partial charge in [0.05, 0.1) is 10.7 Å². The molecule has 12 heavy (non-hydrogen) atoms. The first-order valence-electron chi connectivity index (χ1n) is 3.92. The molecular formula is C8H13ClN2S. The average molecular weight is 205 g/mol. The third-order valence-corrected chi connectivity index (χ3v) is 2.81. The lowest BCUT2D eigenvalue weighted by molar-refractivity contribution is 0.587. The van der Waals surface area contributed by atoms with Crippen molar-refractivity contribution in [3.05, 3.63) is 16.1 Å².